The molecular weight excluding hydrogens is 559 g/mol. The zero-order valence-electron chi connectivity index (χ0n) is 25.5. The van der Waals surface area contributed by atoms with Crippen LogP contribution in [0.5, 0.6) is 0 Å². The summed E-state index contributed by atoms with van der Waals surface area (Å²) in [4.78, 5) is 5.10. The van der Waals surface area contributed by atoms with Gasteiger partial charge < -0.3 is 0 Å². The van der Waals surface area contributed by atoms with Gasteiger partial charge in [0.1, 0.15) is 0 Å². The van der Waals surface area contributed by atoms with Crippen molar-refractivity contribution in [3.63, 3.8) is 0 Å². The third-order valence-electron chi connectivity index (χ3n) is 8.91. The van der Waals surface area contributed by atoms with Gasteiger partial charge in [0.25, 0.3) is 0 Å². The summed E-state index contributed by atoms with van der Waals surface area (Å²) >= 11 is -1.87. The summed E-state index contributed by atoms with van der Waals surface area (Å²) in [5, 5.41) is 5.64. The van der Waals surface area contributed by atoms with Crippen molar-refractivity contribution < 1.29 is 0 Å². The summed E-state index contributed by atoms with van der Waals surface area (Å²) < 4.78 is 1.57. The van der Waals surface area contributed by atoms with Crippen LogP contribution in [-0.4, -0.2) is 26.3 Å². The van der Waals surface area contributed by atoms with Gasteiger partial charge in [0, 0.05) is 0 Å². The van der Waals surface area contributed by atoms with Crippen molar-refractivity contribution in [2.24, 2.45) is 0 Å². The van der Waals surface area contributed by atoms with E-state index >= 15 is 0 Å². The molecule has 0 spiro atoms. The molecular formula is C37H41GeNSi. The summed E-state index contributed by atoms with van der Waals surface area (Å²) in [7, 11) is -2.02. The van der Waals surface area contributed by atoms with Crippen LogP contribution in [0.25, 0.3) is 44.3 Å². The van der Waals surface area contributed by atoms with Crippen LogP contribution in [0.2, 0.25) is 30.4 Å². The molecule has 2 heterocycles. The van der Waals surface area contributed by atoms with Gasteiger partial charge in [-0.15, -0.1) is 0 Å². The number of aryl methyl sites for hydroxylation is 1. The molecule has 0 fully saturated rings. The molecule has 3 heteroatoms. The second-order valence-corrected chi connectivity index (χ2v) is 29.2. The van der Waals surface area contributed by atoms with E-state index in [2.05, 4.69) is 137 Å². The first-order valence-electron chi connectivity index (χ1n) is 14.6. The van der Waals surface area contributed by atoms with Gasteiger partial charge in [-0.2, -0.15) is 0 Å². The summed E-state index contributed by atoms with van der Waals surface area (Å²) in [5.74, 6) is 7.42. The average molecular weight is 600 g/mol. The zero-order valence-corrected chi connectivity index (χ0v) is 28.6. The Balaban J connectivity index is 1.51. The fraction of sp³-hybridized carbons (Fsp3) is 0.270. The minimum atomic E-state index is -2.02. The Hall–Kier alpha value is -2.95. The number of fused-ring (bicyclic) bond motifs is 4. The molecule has 0 saturated carbocycles. The number of nitrogens with zero attached hydrogens (tertiary/aromatic N) is 1. The van der Waals surface area contributed by atoms with Gasteiger partial charge in [-0.3, -0.25) is 0 Å². The number of pyridine rings is 1. The molecule has 0 aliphatic carbocycles. The van der Waals surface area contributed by atoms with E-state index in [-0.39, 0.29) is 5.41 Å². The summed E-state index contributed by atoms with van der Waals surface area (Å²) in [5.41, 5.74) is 10.7. The quantitative estimate of drug-likeness (QED) is 0.189. The minimum absolute atomic E-state index is 0.0438. The molecule has 1 aromatic heterocycles. The number of hydrogen-bond acceptors (Lipinski definition) is 1. The second-order valence-electron chi connectivity index (χ2n) is 14.2. The molecule has 6 rings (SSSR count). The van der Waals surface area contributed by atoms with Crippen LogP contribution in [0.1, 0.15) is 31.9 Å². The number of benzene rings is 4. The van der Waals surface area contributed by atoms with E-state index in [1.165, 1.54) is 65.8 Å². The van der Waals surface area contributed by atoms with Crippen LogP contribution in [0, 0.1) is 6.92 Å². The molecule has 0 amide bonds. The van der Waals surface area contributed by atoms with Crippen LogP contribution >= 0.6 is 0 Å². The van der Waals surface area contributed by atoms with Crippen molar-refractivity contribution in [3.8, 4) is 33.5 Å². The van der Waals surface area contributed by atoms with Crippen molar-refractivity contribution in [1.82, 2.24) is 4.98 Å². The Morgan fingerprint density at radius 1 is 0.725 bits per heavy atom. The van der Waals surface area contributed by atoms with Gasteiger partial charge in [-0.1, -0.05) is 45.0 Å². The molecule has 4 aromatic carbocycles. The summed E-state index contributed by atoms with van der Waals surface area (Å²) in [6.45, 7) is 14.3. The van der Waals surface area contributed by atoms with Gasteiger partial charge >= 0.3 is 178 Å². The summed E-state index contributed by atoms with van der Waals surface area (Å²) in [6, 6.07) is 30.3. The first-order chi connectivity index (χ1) is 18.8. The molecule has 0 radical (unpaired) electrons. The number of hydrogen-bond donors (Lipinski definition) is 0. The molecule has 0 bridgehead atoms. The number of aromatic nitrogens is 1. The molecule has 0 unspecified atom stereocenters. The molecule has 5 aromatic rings. The topological polar surface area (TPSA) is 12.9 Å². The fourth-order valence-corrected chi connectivity index (χ4v) is 12.6. The van der Waals surface area contributed by atoms with Crippen molar-refractivity contribution in [2.45, 2.75) is 63.5 Å². The third kappa shape index (κ3) is 4.40. The Labute approximate surface area is 244 Å². The molecule has 0 atom stereocenters. The van der Waals surface area contributed by atoms with Gasteiger partial charge in [-0.05, 0) is 21.8 Å². The Morgan fingerprint density at radius 3 is 2.15 bits per heavy atom. The Morgan fingerprint density at radius 2 is 1.45 bits per heavy atom. The molecule has 40 heavy (non-hydrogen) atoms. The molecule has 1 nitrogen and oxygen atoms in total. The van der Waals surface area contributed by atoms with Crippen molar-refractivity contribution in [2.75, 3.05) is 0 Å². The Bertz CT molecular complexity index is 1800. The first-order valence-corrected chi connectivity index (χ1v) is 24.9. The first kappa shape index (κ1) is 27.2. The number of rotatable bonds is 3. The van der Waals surface area contributed by atoms with E-state index in [0.29, 0.717) is 0 Å². The molecule has 1 aliphatic heterocycles. The fourth-order valence-electron chi connectivity index (χ4n) is 6.66. The van der Waals surface area contributed by atoms with Crippen molar-refractivity contribution in [3.05, 3.63) is 96.2 Å². The van der Waals surface area contributed by atoms with Gasteiger partial charge in [0.05, 0.1) is 0 Å². The van der Waals surface area contributed by atoms with Crippen molar-refractivity contribution in [1.29, 1.82) is 0 Å². The molecule has 0 N–H and O–H groups in total. The maximum absolute atomic E-state index is 5.10. The predicted octanol–water partition coefficient (Wildman–Crippen LogP) is 8.52. The normalized spacial score (nSPS) is 14.3. The van der Waals surface area contributed by atoms with E-state index in [1.54, 1.807) is 4.40 Å². The van der Waals surface area contributed by atoms with Crippen LogP contribution in [0.3, 0.4) is 0 Å². The van der Waals surface area contributed by atoms with E-state index in [4.69, 9.17) is 4.98 Å². The third-order valence-corrected chi connectivity index (χ3v) is 16.7. The zero-order chi connectivity index (χ0) is 28.6. The van der Waals surface area contributed by atoms with Crippen molar-refractivity contribution >= 4 is 46.9 Å². The van der Waals surface area contributed by atoms with Gasteiger partial charge in [0.15, 0.2) is 0 Å². The van der Waals surface area contributed by atoms with Crippen LogP contribution in [0.4, 0.5) is 0 Å². The SMILES string of the molecule is Cc1c[c]([Ge]([CH3])([CH3])[CH3])ccc1-c1ccc2c(c1)[Si](C)(C)c1c-2ccnc1-c1cc(C(C)(C)C)c2ccccc2c1. The van der Waals surface area contributed by atoms with Crippen LogP contribution in [-0.2, 0) is 5.41 Å². The summed E-state index contributed by atoms with van der Waals surface area (Å²) in [6.07, 6.45) is 2.02. The monoisotopic (exact) mass is 601 g/mol. The molecule has 202 valence electrons. The Kier molecular flexibility index (Phi) is 6.32. The molecule has 1 aliphatic rings. The van der Waals surface area contributed by atoms with E-state index in [9.17, 15) is 0 Å². The van der Waals surface area contributed by atoms with Crippen LogP contribution < -0.4 is 14.8 Å². The van der Waals surface area contributed by atoms with Gasteiger partial charge in [-0.25, -0.2) is 0 Å². The molecule has 0 saturated heterocycles. The predicted molar refractivity (Wildman–Crippen MR) is 181 cm³/mol. The maximum atomic E-state index is 5.10. The minimum Gasteiger partial charge on any atom is -0.0616 e. The smallest absolute Gasteiger partial charge is 0.0616 e. The van der Waals surface area contributed by atoms with Gasteiger partial charge in [0.2, 0.25) is 0 Å². The van der Waals surface area contributed by atoms with E-state index in [0.717, 1.165) is 0 Å². The van der Waals surface area contributed by atoms with E-state index < -0.39 is 21.3 Å². The van der Waals surface area contributed by atoms with E-state index in [1.807, 2.05) is 6.20 Å². The standard InChI is InChI=1S/C37H41GeNSi/c1-24-20-28(38(5,6)7)15-17-29(24)26-14-16-31-32-18-19-39-35(36(32)40(8,9)34(31)23-26)27-21-25-12-10-11-13-30(25)33(22-27)37(2,3)4/h10-23H,1-9H3. The average Bonchev–Trinajstić information content (AvgIpc) is 3.13. The second kappa shape index (κ2) is 9.29. The van der Waals surface area contributed by atoms with Crippen LogP contribution in [0.15, 0.2) is 85.1 Å².